The normalized spacial score (nSPS) is 31.6. The Morgan fingerprint density at radius 1 is 0.962 bits per heavy atom. The van der Waals surface area contributed by atoms with Crippen molar-refractivity contribution >= 4 is 11.8 Å². The maximum atomic E-state index is 12.3. The quantitative estimate of drug-likeness (QED) is 0.790. The van der Waals surface area contributed by atoms with Gasteiger partial charge in [0.2, 0.25) is 11.8 Å². The Hall–Kier alpha value is -1.91. The SMILES string of the molecule is O=C(CCNC(=O)CC1C2CC3CC(C2)CC1C3)NCc1ccccn1. The fourth-order valence-electron chi connectivity index (χ4n) is 5.75. The maximum Gasteiger partial charge on any atom is 0.222 e. The lowest BCUT2D eigenvalue weighted by Crippen LogP contribution is -2.46. The fraction of sp³-hybridized carbons (Fsp3) is 0.667. The summed E-state index contributed by atoms with van der Waals surface area (Å²) in [4.78, 5) is 28.4. The second kappa shape index (κ2) is 7.77. The summed E-state index contributed by atoms with van der Waals surface area (Å²) in [6.07, 6.45) is 9.53. The average Bonchev–Trinajstić information content (AvgIpc) is 2.63. The molecule has 5 nitrogen and oxygen atoms in total. The molecule has 0 atom stereocenters. The third-order valence-electron chi connectivity index (χ3n) is 6.71. The summed E-state index contributed by atoms with van der Waals surface area (Å²) in [5.74, 6) is 4.10. The van der Waals surface area contributed by atoms with E-state index in [9.17, 15) is 9.59 Å². The second-order valence-electron chi connectivity index (χ2n) is 8.50. The summed E-state index contributed by atoms with van der Waals surface area (Å²) in [6, 6.07) is 5.64. The highest BCUT2D eigenvalue weighted by molar-refractivity contribution is 5.79. The molecule has 0 saturated heterocycles. The minimum atomic E-state index is -0.0504. The predicted octanol–water partition coefficient (Wildman–Crippen LogP) is 2.67. The van der Waals surface area contributed by atoms with Gasteiger partial charge in [0.05, 0.1) is 12.2 Å². The van der Waals surface area contributed by atoms with E-state index in [0.29, 0.717) is 31.8 Å². The molecular weight excluding hydrogens is 326 g/mol. The van der Waals surface area contributed by atoms with Gasteiger partial charge >= 0.3 is 0 Å². The van der Waals surface area contributed by atoms with Crippen molar-refractivity contribution in [1.29, 1.82) is 0 Å². The molecule has 0 radical (unpaired) electrons. The monoisotopic (exact) mass is 355 g/mol. The Labute approximate surface area is 155 Å². The number of carbonyl (C=O) groups excluding carboxylic acids is 2. The molecule has 140 valence electrons. The Bertz CT molecular complexity index is 618. The number of rotatable bonds is 7. The fourth-order valence-corrected chi connectivity index (χ4v) is 5.75. The summed E-state index contributed by atoms with van der Waals surface area (Å²) in [5.41, 5.74) is 0.840. The molecule has 1 aromatic rings. The van der Waals surface area contributed by atoms with Crippen LogP contribution in [0.25, 0.3) is 0 Å². The summed E-state index contributed by atoms with van der Waals surface area (Å²) in [6.45, 7) is 0.849. The first kappa shape index (κ1) is 17.5. The zero-order valence-electron chi connectivity index (χ0n) is 15.3. The molecule has 1 heterocycles. The van der Waals surface area contributed by atoms with Gasteiger partial charge in [-0.1, -0.05) is 6.07 Å². The average molecular weight is 355 g/mol. The Balaban J connectivity index is 1.15. The van der Waals surface area contributed by atoms with Gasteiger partial charge in [0.15, 0.2) is 0 Å². The molecule has 0 spiro atoms. The molecule has 2 amide bonds. The van der Waals surface area contributed by atoms with Crippen molar-refractivity contribution in [3.63, 3.8) is 0 Å². The summed E-state index contributed by atoms with van der Waals surface area (Å²) in [5, 5.41) is 5.80. The van der Waals surface area contributed by atoms with E-state index in [1.54, 1.807) is 6.20 Å². The molecule has 26 heavy (non-hydrogen) atoms. The first-order chi connectivity index (χ1) is 12.7. The van der Waals surface area contributed by atoms with Crippen molar-refractivity contribution in [3.05, 3.63) is 30.1 Å². The highest BCUT2D eigenvalue weighted by Gasteiger charge is 2.48. The number of nitrogens with one attached hydrogen (secondary N) is 2. The molecule has 4 aliphatic carbocycles. The largest absolute Gasteiger partial charge is 0.356 e. The van der Waals surface area contributed by atoms with Crippen LogP contribution in [0.15, 0.2) is 24.4 Å². The number of pyridine rings is 1. The number of carbonyl (C=O) groups is 2. The van der Waals surface area contributed by atoms with Crippen LogP contribution in [-0.2, 0) is 16.1 Å². The standard InChI is InChI=1S/C21H29N3O2/c25-20(24-13-18-3-1-2-5-22-18)4-6-23-21(26)12-19-16-8-14-7-15(10-16)11-17(19)9-14/h1-3,5,14-17,19H,4,6-13H2,(H,23,26)(H,24,25). The van der Waals surface area contributed by atoms with Crippen molar-refractivity contribution in [2.24, 2.45) is 29.6 Å². The molecule has 5 rings (SSSR count). The van der Waals surface area contributed by atoms with Crippen LogP contribution >= 0.6 is 0 Å². The molecule has 5 heteroatoms. The summed E-state index contributed by atoms with van der Waals surface area (Å²) >= 11 is 0. The van der Waals surface area contributed by atoms with Gasteiger partial charge in [-0.3, -0.25) is 14.6 Å². The third kappa shape index (κ3) is 4.08. The van der Waals surface area contributed by atoms with Crippen molar-refractivity contribution in [2.45, 2.75) is 51.5 Å². The smallest absolute Gasteiger partial charge is 0.222 e. The van der Waals surface area contributed by atoms with E-state index in [0.717, 1.165) is 29.4 Å². The van der Waals surface area contributed by atoms with E-state index < -0.39 is 0 Å². The lowest BCUT2D eigenvalue weighted by atomic mass is 9.51. The van der Waals surface area contributed by atoms with Crippen molar-refractivity contribution in [3.8, 4) is 0 Å². The van der Waals surface area contributed by atoms with E-state index in [4.69, 9.17) is 0 Å². The molecule has 0 unspecified atom stereocenters. The van der Waals surface area contributed by atoms with Gasteiger partial charge in [-0.25, -0.2) is 0 Å². The Morgan fingerprint density at radius 2 is 1.69 bits per heavy atom. The van der Waals surface area contributed by atoms with Crippen LogP contribution in [0.5, 0.6) is 0 Å². The Kier molecular flexibility index (Phi) is 5.23. The van der Waals surface area contributed by atoms with Crippen LogP contribution < -0.4 is 10.6 Å². The third-order valence-corrected chi connectivity index (χ3v) is 6.71. The minimum Gasteiger partial charge on any atom is -0.356 e. The van der Waals surface area contributed by atoms with Crippen molar-refractivity contribution < 1.29 is 9.59 Å². The van der Waals surface area contributed by atoms with E-state index in [-0.39, 0.29) is 11.8 Å². The molecule has 2 N–H and O–H groups in total. The maximum absolute atomic E-state index is 12.3. The van der Waals surface area contributed by atoms with Gasteiger partial charge in [0.1, 0.15) is 0 Å². The number of hydrogen-bond donors (Lipinski definition) is 2. The summed E-state index contributed by atoms with van der Waals surface area (Å²) < 4.78 is 0. The van der Waals surface area contributed by atoms with Crippen LogP contribution in [0.4, 0.5) is 0 Å². The van der Waals surface area contributed by atoms with E-state index in [2.05, 4.69) is 15.6 Å². The molecular formula is C21H29N3O2. The van der Waals surface area contributed by atoms with E-state index in [1.165, 1.54) is 32.1 Å². The van der Waals surface area contributed by atoms with Gasteiger partial charge in [-0.05, 0) is 73.8 Å². The lowest BCUT2D eigenvalue weighted by Gasteiger charge is -2.54. The second-order valence-corrected chi connectivity index (χ2v) is 8.50. The van der Waals surface area contributed by atoms with Crippen LogP contribution in [0, 0.1) is 29.6 Å². The molecule has 4 fully saturated rings. The van der Waals surface area contributed by atoms with Gasteiger partial charge in [-0.15, -0.1) is 0 Å². The highest BCUT2D eigenvalue weighted by Crippen LogP contribution is 2.57. The molecule has 4 bridgehead atoms. The summed E-state index contributed by atoms with van der Waals surface area (Å²) in [7, 11) is 0. The van der Waals surface area contributed by atoms with Crippen LogP contribution in [0.3, 0.4) is 0 Å². The first-order valence-corrected chi connectivity index (χ1v) is 10.1. The number of nitrogens with zero attached hydrogens (tertiary/aromatic N) is 1. The number of amides is 2. The Morgan fingerprint density at radius 3 is 2.35 bits per heavy atom. The van der Waals surface area contributed by atoms with E-state index in [1.807, 2.05) is 18.2 Å². The molecule has 4 saturated carbocycles. The zero-order chi connectivity index (χ0) is 17.9. The van der Waals surface area contributed by atoms with Crippen LogP contribution in [0.1, 0.15) is 50.6 Å². The van der Waals surface area contributed by atoms with Gasteiger partial charge in [0.25, 0.3) is 0 Å². The lowest BCUT2D eigenvalue weighted by molar-refractivity contribution is -0.126. The van der Waals surface area contributed by atoms with Crippen LogP contribution in [0.2, 0.25) is 0 Å². The highest BCUT2D eigenvalue weighted by atomic mass is 16.2. The number of hydrogen-bond acceptors (Lipinski definition) is 3. The number of aromatic nitrogens is 1. The predicted molar refractivity (Wildman–Crippen MR) is 98.9 cm³/mol. The van der Waals surface area contributed by atoms with Crippen molar-refractivity contribution in [1.82, 2.24) is 15.6 Å². The molecule has 0 aliphatic heterocycles. The van der Waals surface area contributed by atoms with Gasteiger partial charge < -0.3 is 10.6 Å². The first-order valence-electron chi connectivity index (χ1n) is 10.1. The minimum absolute atomic E-state index is 0.0504. The molecule has 1 aromatic heterocycles. The topological polar surface area (TPSA) is 71.1 Å². The van der Waals surface area contributed by atoms with E-state index >= 15 is 0 Å². The molecule has 0 aromatic carbocycles. The molecule has 4 aliphatic rings. The zero-order valence-corrected chi connectivity index (χ0v) is 15.3. The van der Waals surface area contributed by atoms with Gasteiger partial charge in [0, 0.05) is 25.6 Å². The van der Waals surface area contributed by atoms with Gasteiger partial charge in [-0.2, -0.15) is 0 Å². The van der Waals surface area contributed by atoms with Crippen molar-refractivity contribution in [2.75, 3.05) is 6.54 Å². The van der Waals surface area contributed by atoms with Crippen LogP contribution in [-0.4, -0.2) is 23.3 Å².